The molecule has 1 aliphatic heterocycles. The van der Waals surface area contributed by atoms with Crippen molar-refractivity contribution in [3.05, 3.63) is 0 Å². The first-order chi connectivity index (χ1) is 6.54. The Labute approximate surface area is 83.6 Å². The van der Waals surface area contributed by atoms with Crippen LogP contribution in [0.5, 0.6) is 0 Å². The van der Waals surface area contributed by atoms with Crippen molar-refractivity contribution in [2.24, 2.45) is 0 Å². The number of nitrogens with zero attached hydrogens (tertiary/aromatic N) is 1. The first kappa shape index (κ1) is 11.4. The molecule has 0 amide bonds. The lowest BCUT2D eigenvalue weighted by Gasteiger charge is -2.26. The van der Waals surface area contributed by atoms with Crippen molar-refractivity contribution in [1.29, 1.82) is 0 Å². The van der Waals surface area contributed by atoms with Gasteiger partial charge in [-0.25, -0.2) is 0 Å². The molecule has 0 aromatic rings. The molecule has 1 saturated heterocycles. The largest absolute Gasteiger partial charge is 0.480 e. The number of aliphatic carboxylic acids is 1. The minimum atomic E-state index is -0.828. The number of carboxylic acid groups (broad SMARTS) is 1. The highest BCUT2D eigenvalue weighted by atomic mass is 16.7. The number of ether oxygens (including phenoxy) is 2. The van der Waals surface area contributed by atoms with E-state index in [1.165, 1.54) is 0 Å². The number of hydrogen-bond donors (Lipinski definition) is 1. The summed E-state index contributed by atoms with van der Waals surface area (Å²) in [6, 6.07) is -0.513. The van der Waals surface area contributed by atoms with Gasteiger partial charge in [0.05, 0.1) is 6.54 Å². The van der Waals surface area contributed by atoms with Gasteiger partial charge >= 0.3 is 5.97 Å². The molecule has 82 valence electrons. The van der Waals surface area contributed by atoms with E-state index in [-0.39, 0.29) is 0 Å². The van der Waals surface area contributed by atoms with Crippen LogP contribution in [0.3, 0.4) is 0 Å². The number of likely N-dealkylation sites (tertiary alicyclic amines) is 1. The molecule has 0 radical (unpaired) electrons. The Bertz CT molecular complexity index is 221. The molecule has 1 N–H and O–H groups in total. The Balaban J connectivity index is 2.71. The highest BCUT2D eigenvalue weighted by Crippen LogP contribution is 2.30. The molecule has 1 aliphatic rings. The third-order valence-electron chi connectivity index (χ3n) is 2.59. The molecule has 14 heavy (non-hydrogen) atoms. The Morgan fingerprint density at radius 2 is 2.36 bits per heavy atom. The predicted molar refractivity (Wildman–Crippen MR) is 50.0 cm³/mol. The van der Waals surface area contributed by atoms with Crippen molar-refractivity contribution >= 4 is 5.97 Å². The molecule has 2 unspecified atom stereocenters. The maximum Gasteiger partial charge on any atom is 0.321 e. The third-order valence-corrected chi connectivity index (χ3v) is 2.59. The van der Waals surface area contributed by atoms with Gasteiger partial charge in [0.2, 0.25) is 0 Å². The standard InChI is InChI=1S/C9H17NO4/c1-4-14-9(13-3)5-7(8(11)12)10(2)6-9/h7H,4-6H2,1-3H3,(H,11,12). The van der Waals surface area contributed by atoms with Gasteiger partial charge in [0.25, 0.3) is 0 Å². The molecule has 0 aromatic heterocycles. The molecular formula is C9H17NO4. The van der Waals surface area contributed by atoms with E-state index >= 15 is 0 Å². The van der Waals surface area contributed by atoms with Gasteiger partial charge in [-0.2, -0.15) is 0 Å². The van der Waals surface area contributed by atoms with Crippen molar-refractivity contribution in [2.75, 3.05) is 27.3 Å². The minimum Gasteiger partial charge on any atom is -0.480 e. The van der Waals surface area contributed by atoms with E-state index in [0.717, 1.165) is 0 Å². The van der Waals surface area contributed by atoms with E-state index in [1.54, 1.807) is 19.1 Å². The molecular weight excluding hydrogens is 186 g/mol. The van der Waals surface area contributed by atoms with E-state index in [4.69, 9.17) is 14.6 Å². The first-order valence-corrected chi connectivity index (χ1v) is 4.67. The Morgan fingerprint density at radius 3 is 2.71 bits per heavy atom. The maximum atomic E-state index is 10.9. The lowest BCUT2D eigenvalue weighted by molar-refractivity contribution is -0.210. The summed E-state index contributed by atoms with van der Waals surface area (Å²) in [5.74, 6) is -1.57. The van der Waals surface area contributed by atoms with Gasteiger partial charge in [-0.05, 0) is 14.0 Å². The molecule has 1 rings (SSSR count). The summed E-state index contributed by atoms with van der Waals surface area (Å²) in [6.07, 6.45) is 0.378. The van der Waals surface area contributed by atoms with Gasteiger partial charge in [0, 0.05) is 20.1 Å². The van der Waals surface area contributed by atoms with Crippen molar-refractivity contribution in [3.63, 3.8) is 0 Å². The number of carbonyl (C=O) groups is 1. The van der Waals surface area contributed by atoms with Crippen LogP contribution in [0.1, 0.15) is 13.3 Å². The summed E-state index contributed by atoms with van der Waals surface area (Å²) in [5.41, 5.74) is 0. The Morgan fingerprint density at radius 1 is 1.71 bits per heavy atom. The topological polar surface area (TPSA) is 59.0 Å². The average molecular weight is 203 g/mol. The fourth-order valence-corrected chi connectivity index (χ4v) is 1.86. The molecule has 0 aliphatic carbocycles. The quantitative estimate of drug-likeness (QED) is 0.659. The van der Waals surface area contributed by atoms with E-state index in [0.29, 0.717) is 19.6 Å². The van der Waals surface area contributed by atoms with Crippen molar-refractivity contribution in [3.8, 4) is 0 Å². The highest BCUT2D eigenvalue weighted by Gasteiger charge is 2.46. The minimum absolute atomic E-state index is 0.378. The van der Waals surface area contributed by atoms with Crippen LogP contribution in [-0.2, 0) is 14.3 Å². The van der Waals surface area contributed by atoms with Gasteiger partial charge in [0.15, 0.2) is 5.79 Å². The van der Waals surface area contributed by atoms with Crippen LogP contribution in [-0.4, -0.2) is 55.1 Å². The number of hydrogen-bond acceptors (Lipinski definition) is 4. The van der Waals surface area contributed by atoms with Crippen molar-refractivity contribution < 1.29 is 19.4 Å². The smallest absolute Gasteiger partial charge is 0.321 e. The Hall–Kier alpha value is -0.650. The lowest BCUT2D eigenvalue weighted by Crippen LogP contribution is -2.37. The number of methoxy groups -OCH3 is 1. The zero-order valence-corrected chi connectivity index (χ0v) is 8.82. The van der Waals surface area contributed by atoms with Crippen LogP contribution < -0.4 is 0 Å². The van der Waals surface area contributed by atoms with Gasteiger partial charge in [-0.1, -0.05) is 0 Å². The van der Waals surface area contributed by atoms with Gasteiger partial charge in [-0.3, -0.25) is 9.69 Å². The zero-order valence-electron chi connectivity index (χ0n) is 8.82. The normalized spacial score (nSPS) is 33.5. The van der Waals surface area contributed by atoms with Gasteiger partial charge < -0.3 is 14.6 Å². The second-order valence-corrected chi connectivity index (χ2v) is 3.52. The summed E-state index contributed by atoms with van der Waals surface area (Å²) >= 11 is 0. The van der Waals surface area contributed by atoms with Crippen LogP contribution in [0, 0.1) is 0 Å². The number of rotatable bonds is 4. The Kier molecular flexibility index (Phi) is 3.47. The van der Waals surface area contributed by atoms with Gasteiger partial charge in [-0.15, -0.1) is 0 Å². The fourth-order valence-electron chi connectivity index (χ4n) is 1.86. The van der Waals surface area contributed by atoms with Crippen molar-refractivity contribution in [2.45, 2.75) is 25.2 Å². The fraction of sp³-hybridized carbons (Fsp3) is 0.889. The molecule has 0 spiro atoms. The predicted octanol–water partition coefficient (Wildman–Crippen LogP) is 0.154. The number of carboxylic acids is 1. The second-order valence-electron chi connectivity index (χ2n) is 3.52. The summed E-state index contributed by atoms with van der Waals surface area (Å²) in [6.45, 7) is 2.89. The van der Waals surface area contributed by atoms with E-state index in [9.17, 15) is 4.79 Å². The molecule has 0 aromatic carbocycles. The van der Waals surface area contributed by atoms with Crippen LogP contribution in [0.4, 0.5) is 0 Å². The average Bonchev–Trinajstić information content (AvgIpc) is 2.45. The lowest BCUT2D eigenvalue weighted by atomic mass is 10.1. The molecule has 5 nitrogen and oxygen atoms in total. The van der Waals surface area contributed by atoms with E-state index in [1.807, 2.05) is 6.92 Å². The second kappa shape index (κ2) is 4.25. The summed E-state index contributed by atoms with van der Waals surface area (Å²) in [5, 5.41) is 8.93. The van der Waals surface area contributed by atoms with Crippen LogP contribution in [0.15, 0.2) is 0 Å². The highest BCUT2D eigenvalue weighted by molar-refractivity contribution is 5.74. The molecule has 5 heteroatoms. The number of likely N-dealkylation sites (N-methyl/N-ethyl adjacent to an activating group) is 1. The molecule has 2 atom stereocenters. The third kappa shape index (κ3) is 2.05. The van der Waals surface area contributed by atoms with Crippen LogP contribution in [0.2, 0.25) is 0 Å². The summed E-state index contributed by atoms with van der Waals surface area (Å²) < 4.78 is 10.7. The molecule has 0 bridgehead atoms. The van der Waals surface area contributed by atoms with Crippen molar-refractivity contribution in [1.82, 2.24) is 4.90 Å². The van der Waals surface area contributed by atoms with E-state index in [2.05, 4.69) is 0 Å². The first-order valence-electron chi connectivity index (χ1n) is 4.67. The van der Waals surface area contributed by atoms with Gasteiger partial charge in [0.1, 0.15) is 6.04 Å². The SMILES string of the molecule is CCOC1(OC)CC(C(=O)O)N(C)C1. The molecule has 1 fully saturated rings. The summed E-state index contributed by atoms with van der Waals surface area (Å²) in [7, 11) is 3.31. The van der Waals surface area contributed by atoms with E-state index < -0.39 is 17.8 Å². The molecule has 0 saturated carbocycles. The maximum absolute atomic E-state index is 10.9. The molecule has 1 heterocycles. The van der Waals surface area contributed by atoms with Crippen LogP contribution in [0.25, 0.3) is 0 Å². The van der Waals surface area contributed by atoms with Crippen LogP contribution >= 0.6 is 0 Å². The monoisotopic (exact) mass is 203 g/mol. The zero-order chi connectivity index (χ0) is 10.8. The summed E-state index contributed by atoms with van der Waals surface area (Å²) in [4.78, 5) is 12.6.